The second-order valence-electron chi connectivity index (χ2n) is 6.21. The molecule has 1 aromatic carbocycles. The van der Waals surface area contributed by atoms with Gasteiger partial charge in [-0.05, 0) is 11.6 Å². The number of hydrogen-bond acceptors (Lipinski definition) is 4. The van der Waals surface area contributed by atoms with Gasteiger partial charge in [-0.1, -0.05) is 18.2 Å². The molecule has 0 aliphatic carbocycles. The summed E-state index contributed by atoms with van der Waals surface area (Å²) in [6.45, 7) is 1.40. The number of carbonyl (C=O) groups excluding carboxylic acids is 2. The van der Waals surface area contributed by atoms with Crippen LogP contribution in [0.5, 0.6) is 0 Å². The van der Waals surface area contributed by atoms with Crippen LogP contribution in [0, 0.1) is 5.82 Å². The second kappa shape index (κ2) is 7.51. The zero-order chi connectivity index (χ0) is 18.7. The fourth-order valence-corrected chi connectivity index (χ4v) is 2.88. The summed E-state index contributed by atoms with van der Waals surface area (Å²) in [5, 5.41) is 3.87. The van der Waals surface area contributed by atoms with Crippen molar-refractivity contribution in [2.75, 3.05) is 26.2 Å². The van der Waals surface area contributed by atoms with Crippen LogP contribution in [0.3, 0.4) is 0 Å². The molecule has 1 fully saturated rings. The number of carbonyl (C=O) groups is 2. The maximum atomic E-state index is 13.7. The van der Waals surface area contributed by atoms with Crippen molar-refractivity contribution in [1.29, 1.82) is 0 Å². The molecule has 138 valence electrons. The Morgan fingerprint density at radius 3 is 2.27 bits per heavy atom. The summed E-state index contributed by atoms with van der Waals surface area (Å²) in [7, 11) is 1.57. The van der Waals surface area contributed by atoms with Crippen molar-refractivity contribution in [3.63, 3.8) is 0 Å². The Balaban J connectivity index is 1.53. The lowest BCUT2D eigenvalue weighted by Crippen LogP contribution is -2.52. The van der Waals surface area contributed by atoms with E-state index in [2.05, 4.69) is 5.10 Å². The zero-order valence-corrected chi connectivity index (χ0v) is 14.5. The first-order valence-corrected chi connectivity index (χ1v) is 8.33. The van der Waals surface area contributed by atoms with E-state index in [9.17, 15) is 18.8 Å². The average Bonchev–Trinajstić information content (AvgIpc) is 2.96. The molecule has 9 heteroatoms. The maximum Gasteiger partial charge on any atom is 0.345 e. The van der Waals surface area contributed by atoms with E-state index in [0.29, 0.717) is 31.7 Å². The van der Waals surface area contributed by atoms with Crippen molar-refractivity contribution in [2.24, 2.45) is 7.05 Å². The summed E-state index contributed by atoms with van der Waals surface area (Å²) in [6.07, 6.45) is 1.36. The van der Waals surface area contributed by atoms with Crippen molar-refractivity contribution in [3.05, 3.63) is 52.5 Å². The van der Waals surface area contributed by atoms with Crippen LogP contribution in [0.15, 0.2) is 35.4 Å². The Hall–Kier alpha value is -2.97. The standard InChI is InChI=1S/C17H20FN5O3/c1-20-12-19-23(17(20)26)11-16(25)22-8-6-21(7-9-22)15(24)10-13-4-2-3-5-14(13)18/h2-5,12H,6-11H2,1H3. The van der Waals surface area contributed by atoms with E-state index in [-0.39, 0.29) is 30.5 Å². The fraction of sp³-hybridized carbons (Fsp3) is 0.412. The van der Waals surface area contributed by atoms with Crippen LogP contribution >= 0.6 is 0 Å². The molecule has 1 saturated heterocycles. The lowest BCUT2D eigenvalue weighted by atomic mass is 10.1. The van der Waals surface area contributed by atoms with Crippen molar-refractivity contribution in [3.8, 4) is 0 Å². The van der Waals surface area contributed by atoms with E-state index in [1.165, 1.54) is 17.0 Å². The number of piperazine rings is 1. The van der Waals surface area contributed by atoms with E-state index >= 15 is 0 Å². The van der Waals surface area contributed by atoms with Gasteiger partial charge in [0.2, 0.25) is 11.8 Å². The molecule has 1 aliphatic heterocycles. The summed E-state index contributed by atoms with van der Waals surface area (Å²) < 4.78 is 16.1. The minimum atomic E-state index is -0.393. The first kappa shape index (κ1) is 17.8. The molecule has 26 heavy (non-hydrogen) atoms. The highest BCUT2D eigenvalue weighted by atomic mass is 19.1. The molecule has 0 N–H and O–H groups in total. The van der Waals surface area contributed by atoms with Crippen molar-refractivity contribution >= 4 is 11.8 Å². The monoisotopic (exact) mass is 361 g/mol. The Bertz CT molecular complexity index is 867. The predicted molar refractivity (Wildman–Crippen MR) is 90.7 cm³/mol. The quantitative estimate of drug-likeness (QED) is 0.745. The normalized spacial score (nSPS) is 14.5. The zero-order valence-electron chi connectivity index (χ0n) is 14.5. The number of rotatable bonds is 4. The van der Waals surface area contributed by atoms with Crippen LogP contribution in [0.1, 0.15) is 5.56 Å². The number of halogens is 1. The van der Waals surface area contributed by atoms with Gasteiger partial charge in [-0.25, -0.2) is 13.9 Å². The molecule has 0 unspecified atom stereocenters. The first-order chi connectivity index (χ1) is 12.5. The van der Waals surface area contributed by atoms with Crippen LogP contribution < -0.4 is 5.69 Å². The third kappa shape index (κ3) is 3.81. The summed E-state index contributed by atoms with van der Waals surface area (Å²) in [4.78, 5) is 39.6. The number of hydrogen-bond donors (Lipinski definition) is 0. The predicted octanol–water partition coefficient (Wildman–Crippen LogP) is -0.366. The van der Waals surface area contributed by atoms with Gasteiger partial charge in [-0.3, -0.25) is 14.2 Å². The Labute approximate surface area is 149 Å². The van der Waals surface area contributed by atoms with Crippen LogP contribution in [0.2, 0.25) is 0 Å². The van der Waals surface area contributed by atoms with Gasteiger partial charge in [0.1, 0.15) is 18.7 Å². The third-order valence-corrected chi connectivity index (χ3v) is 4.46. The molecule has 0 radical (unpaired) electrons. The third-order valence-electron chi connectivity index (χ3n) is 4.46. The molecule has 2 heterocycles. The van der Waals surface area contributed by atoms with Gasteiger partial charge in [0.05, 0.1) is 6.42 Å². The molecule has 1 aromatic heterocycles. The molecule has 0 bridgehead atoms. The molecule has 0 saturated carbocycles. The van der Waals surface area contributed by atoms with Crippen LogP contribution in [0.4, 0.5) is 4.39 Å². The molecule has 0 atom stereocenters. The Kier molecular flexibility index (Phi) is 5.15. The highest BCUT2D eigenvalue weighted by molar-refractivity contribution is 5.80. The molecule has 2 amide bonds. The van der Waals surface area contributed by atoms with Gasteiger partial charge < -0.3 is 9.80 Å². The highest BCUT2D eigenvalue weighted by Gasteiger charge is 2.25. The SMILES string of the molecule is Cn1cnn(CC(=O)N2CCN(C(=O)Cc3ccccc3F)CC2)c1=O. The van der Waals surface area contributed by atoms with Gasteiger partial charge in [0.15, 0.2) is 0 Å². The smallest absolute Gasteiger partial charge is 0.339 e. The molecule has 3 rings (SSSR count). The van der Waals surface area contributed by atoms with Gasteiger partial charge in [-0.2, -0.15) is 5.10 Å². The van der Waals surface area contributed by atoms with Crippen LogP contribution in [-0.4, -0.2) is 62.1 Å². The minimum Gasteiger partial charge on any atom is -0.339 e. The molecular weight excluding hydrogens is 341 g/mol. The maximum absolute atomic E-state index is 13.7. The minimum absolute atomic E-state index is 0.00392. The summed E-state index contributed by atoms with van der Waals surface area (Å²) in [5.74, 6) is -0.773. The number of amides is 2. The summed E-state index contributed by atoms with van der Waals surface area (Å²) >= 11 is 0. The largest absolute Gasteiger partial charge is 0.345 e. The van der Waals surface area contributed by atoms with Gasteiger partial charge >= 0.3 is 5.69 Å². The number of aromatic nitrogens is 3. The number of nitrogens with zero attached hydrogens (tertiary/aromatic N) is 5. The van der Waals surface area contributed by atoms with Crippen molar-refractivity contribution in [1.82, 2.24) is 24.1 Å². The van der Waals surface area contributed by atoms with Crippen molar-refractivity contribution in [2.45, 2.75) is 13.0 Å². The van der Waals surface area contributed by atoms with Crippen molar-refractivity contribution < 1.29 is 14.0 Å². The second-order valence-corrected chi connectivity index (χ2v) is 6.21. The lowest BCUT2D eigenvalue weighted by Gasteiger charge is -2.34. The highest BCUT2D eigenvalue weighted by Crippen LogP contribution is 2.10. The average molecular weight is 361 g/mol. The Morgan fingerprint density at radius 1 is 1.08 bits per heavy atom. The molecule has 8 nitrogen and oxygen atoms in total. The van der Waals surface area contributed by atoms with E-state index < -0.39 is 5.82 Å². The van der Waals surface area contributed by atoms with Crippen LogP contribution in [-0.2, 0) is 29.6 Å². The van der Waals surface area contributed by atoms with Gasteiger partial charge in [-0.15, -0.1) is 0 Å². The number of aryl methyl sites for hydroxylation is 1. The van der Waals surface area contributed by atoms with Gasteiger partial charge in [0, 0.05) is 33.2 Å². The van der Waals surface area contributed by atoms with E-state index in [1.807, 2.05) is 0 Å². The lowest BCUT2D eigenvalue weighted by molar-refractivity contribution is -0.139. The number of benzene rings is 1. The van der Waals surface area contributed by atoms with Gasteiger partial charge in [0.25, 0.3) is 0 Å². The molecule has 2 aromatic rings. The topological polar surface area (TPSA) is 80.4 Å². The van der Waals surface area contributed by atoms with E-state index in [1.54, 1.807) is 35.0 Å². The molecule has 0 spiro atoms. The summed E-state index contributed by atoms with van der Waals surface area (Å²) in [6, 6.07) is 6.21. The summed E-state index contributed by atoms with van der Waals surface area (Å²) in [5.41, 5.74) is 0.0163. The fourth-order valence-electron chi connectivity index (χ4n) is 2.88. The first-order valence-electron chi connectivity index (χ1n) is 8.33. The van der Waals surface area contributed by atoms with E-state index in [4.69, 9.17) is 0 Å². The van der Waals surface area contributed by atoms with E-state index in [0.717, 1.165) is 4.68 Å². The molecular formula is C17H20FN5O3. The molecule has 1 aliphatic rings. The van der Waals surface area contributed by atoms with Crippen LogP contribution in [0.25, 0.3) is 0 Å². The Morgan fingerprint density at radius 2 is 1.69 bits per heavy atom.